The van der Waals surface area contributed by atoms with E-state index in [9.17, 15) is 9.59 Å². The molecule has 0 saturated carbocycles. The molecule has 0 bridgehead atoms. The molecule has 1 saturated heterocycles. The molecule has 2 N–H and O–H groups in total. The van der Waals surface area contributed by atoms with Crippen LogP contribution in [0.15, 0.2) is 24.3 Å². The van der Waals surface area contributed by atoms with E-state index in [1.54, 1.807) is 4.90 Å². The second kappa shape index (κ2) is 8.33. The number of amides is 2. The van der Waals surface area contributed by atoms with Crippen LogP contribution in [0.2, 0.25) is 0 Å². The molecule has 6 nitrogen and oxygen atoms in total. The zero-order chi connectivity index (χ0) is 13.9. The van der Waals surface area contributed by atoms with Crippen LogP contribution in [0.5, 0.6) is 0 Å². The zero-order valence-electron chi connectivity index (χ0n) is 12.1. The highest BCUT2D eigenvalue weighted by Gasteiger charge is 2.27. The van der Waals surface area contributed by atoms with Crippen molar-refractivity contribution < 1.29 is 9.59 Å². The number of hydrogen-bond acceptors (Lipinski definition) is 4. The molecule has 2 aliphatic heterocycles. The molecule has 0 atom stereocenters. The van der Waals surface area contributed by atoms with E-state index in [2.05, 4.69) is 15.5 Å². The quantitative estimate of drug-likeness (QED) is 0.828. The Bertz CT molecular complexity index is 535. The van der Waals surface area contributed by atoms with Crippen molar-refractivity contribution >= 4 is 48.0 Å². The van der Waals surface area contributed by atoms with E-state index in [4.69, 9.17) is 0 Å². The number of carbonyl (C=O) groups excluding carboxylic acids is 2. The lowest BCUT2D eigenvalue weighted by atomic mass is 10.2. The summed E-state index contributed by atoms with van der Waals surface area (Å²) in [4.78, 5) is 27.9. The SMILES string of the molecule is Cl.Cl.O=C1CN(C(=O)CN2CCNCC2)c2ccccc2N1. The predicted octanol–water partition coefficient (Wildman–Crippen LogP) is 0.720. The highest BCUT2D eigenvalue weighted by atomic mass is 35.5. The average Bonchev–Trinajstić information content (AvgIpc) is 2.47. The fourth-order valence-electron chi connectivity index (χ4n) is 2.60. The van der Waals surface area contributed by atoms with E-state index in [0.717, 1.165) is 31.9 Å². The monoisotopic (exact) mass is 346 g/mol. The van der Waals surface area contributed by atoms with E-state index in [1.807, 2.05) is 24.3 Å². The molecule has 8 heteroatoms. The zero-order valence-corrected chi connectivity index (χ0v) is 13.7. The van der Waals surface area contributed by atoms with Gasteiger partial charge in [-0.3, -0.25) is 19.4 Å². The Morgan fingerprint density at radius 3 is 2.55 bits per heavy atom. The van der Waals surface area contributed by atoms with Crippen LogP contribution in [0.3, 0.4) is 0 Å². The molecule has 0 unspecified atom stereocenters. The maximum absolute atomic E-state index is 12.5. The van der Waals surface area contributed by atoms with Gasteiger partial charge >= 0.3 is 0 Å². The van der Waals surface area contributed by atoms with Crippen LogP contribution < -0.4 is 15.5 Å². The Morgan fingerprint density at radius 1 is 1.14 bits per heavy atom. The fourth-order valence-corrected chi connectivity index (χ4v) is 2.60. The normalized spacial score (nSPS) is 17.6. The van der Waals surface area contributed by atoms with Gasteiger partial charge in [-0.15, -0.1) is 24.8 Å². The van der Waals surface area contributed by atoms with Crippen molar-refractivity contribution in [1.82, 2.24) is 10.2 Å². The third-order valence-electron chi connectivity index (χ3n) is 3.64. The van der Waals surface area contributed by atoms with Gasteiger partial charge in [-0.05, 0) is 12.1 Å². The van der Waals surface area contributed by atoms with Gasteiger partial charge in [0.05, 0.1) is 17.9 Å². The maximum Gasteiger partial charge on any atom is 0.244 e. The third kappa shape index (κ3) is 4.10. The summed E-state index contributed by atoms with van der Waals surface area (Å²) in [5.74, 6) is -0.161. The Morgan fingerprint density at radius 2 is 1.82 bits per heavy atom. The van der Waals surface area contributed by atoms with Gasteiger partial charge in [-0.2, -0.15) is 0 Å². The summed E-state index contributed by atoms with van der Waals surface area (Å²) in [5.41, 5.74) is 1.49. The number of nitrogens with one attached hydrogen (secondary N) is 2. The van der Waals surface area contributed by atoms with Crippen molar-refractivity contribution in [3.8, 4) is 0 Å². The second-order valence-electron chi connectivity index (χ2n) is 5.07. The van der Waals surface area contributed by atoms with Crippen molar-refractivity contribution in [3.05, 3.63) is 24.3 Å². The minimum absolute atomic E-state index is 0. The average molecular weight is 347 g/mol. The molecule has 1 aromatic carbocycles. The third-order valence-corrected chi connectivity index (χ3v) is 3.64. The first-order valence-electron chi connectivity index (χ1n) is 6.86. The number of para-hydroxylation sites is 2. The summed E-state index contributed by atoms with van der Waals surface area (Å²) in [6, 6.07) is 7.41. The summed E-state index contributed by atoms with van der Waals surface area (Å²) in [7, 11) is 0. The lowest BCUT2D eigenvalue weighted by Crippen LogP contribution is -2.50. The molecule has 2 aliphatic rings. The topological polar surface area (TPSA) is 64.7 Å². The summed E-state index contributed by atoms with van der Waals surface area (Å²) >= 11 is 0. The number of fused-ring (bicyclic) bond motifs is 1. The van der Waals surface area contributed by atoms with E-state index in [-0.39, 0.29) is 43.2 Å². The smallest absolute Gasteiger partial charge is 0.244 e. The Labute approximate surface area is 142 Å². The molecule has 2 heterocycles. The highest BCUT2D eigenvalue weighted by Crippen LogP contribution is 2.28. The first kappa shape index (κ1) is 18.7. The molecule has 2 amide bonds. The van der Waals surface area contributed by atoms with Gasteiger partial charge in [0.25, 0.3) is 0 Å². The minimum Gasteiger partial charge on any atom is -0.323 e. The molecule has 0 aliphatic carbocycles. The Hall–Kier alpha value is -1.34. The molecule has 0 radical (unpaired) electrons. The second-order valence-corrected chi connectivity index (χ2v) is 5.07. The van der Waals surface area contributed by atoms with Crippen LogP contribution in [0, 0.1) is 0 Å². The van der Waals surface area contributed by atoms with Crippen molar-refractivity contribution in [2.75, 3.05) is 49.5 Å². The summed E-state index contributed by atoms with van der Waals surface area (Å²) < 4.78 is 0. The van der Waals surface area contributed by atoms with Crippen LogP contribution in [0.1, 0.15) is 0 Å². The molecule has 1 fully saturated rings. The summed E-state index contributed by atoms with van der Waals surface area (Å²) in [6.07, 6.45) is 0. The number of anilines is 2. The molecule has 22 heavy (non-hydrogen) atoms. The molecular weight excluding hydrogens is 327 g/mol. The molecule has 0 spiro atoms. The number of carbonyl (C=O) groups is 2. The molecule has 1 aromatic rings. The van der Waals surface area contributed by atoms with E-state index in [0.29, 0.717) is 12.2 Å². The van der Waals surface area contributed by atoms with E-state index < -0.39 is 0 Å². The number of piperazine rings is 1. The predicted molar refractivity (Wildman–Crippen MR) is 91.2 cm³/mol. The van der Waals surface area contributed by atoms with Gasteiger partial charge < -0.3 is 10.6 Å². The number of rotatable bonds is 2. The Balaban J connectivity index is 0.00000121. The van der Waals surface area contributed by atoms with Gasteiger partial charge in [0.1, 0.15) is 6.54 Å². The van der Waals surface area contributed by atoms with Gasteiger partial charge in [0.2, 0.25) is 11.8 Å². The molecule has 122 valence electrons. The van der Waals surface area contributed by atoms with Gasteiger partial charge in [0.15, 0.2) is 0 Å². The van der Waals surface area contributed by atoms with Crippen LogP contribution in [0.4, 0.5) is 11.4 Å². The number of nitrogens with zero attached hydrogens (tertiary/aromatic N) is 2. The van der Waals surface area contributed by atoms with Crippen molar-refractivity contribution in [1.29, 1.82) is 0 Å². The van der Waals surface area contributed by atoms with Crippen molar-refractivity contribution in [3.63, 3.8) is 0 Å². The lowest BCUT2D eigenvalue weighted by Gasteiger charge is -2.32. The summed E-state index contributed by atoms with van der Waals surface area (Å²) in [5, 5.41) is 6.05. The van der Waals surface area contributed by atoms with Crippen LogP contribution in [-0.4, -0.2) is 56.0 Å². The number of hydrogen-bond donors (Lipinski definition) is 2. The largest absolute Gasteiger partial charge is 0.323 e. The standard InChI is InChI=1S/C14H18N4O2.2ClH/c19-13-9-18(12-4-2-1-3-11(12)16-13)14(20)10-17-7-5-15-6-8-17;;/h1-4,15H,5-10H2,(H,16,19);2*1H. The molecule has 0 aromatic heterocycles. The van der Waals surface area contributed by atoms with Crippen molar-refractivity contribution in [2.45, 2.75) is 0 Å². The fraction of sp³-hybridized carbons (Fsp3) is 0.429. The molecular formula is C14H20Cl2N4O2. The first-order chi connectivity index (χ1) is 9.74. The maximum atomic E-state index is 12.5. The first-order valence-corrected chi connectivity index (χ1v) is 6.86. The van der Waals surface area contributed by atoms with Crippen LogP contribution in [0.25, 0.3) is 0 Å². The van der Waals surface area contributed by atoms with Crippen LogP contribution in [-0.2, 0) is 9.59 Å². The van der Waals surface area contributed by atoms with Gasteiger partial charge in [0, 0.05) is 26.2 Å². The lowest BCUT2D eigenvalue weighted by molar-refractivity contribution is -0.122. The van der Waals surface area contributed by atoms with Gasteiger partial charge in [-0.1, -0.05) is 12.1 Å². The molecule has 3 rings (SSSR count). The van der Waals surface area contributed by atoms with Crippen LogP contribution >= 0.6 is 24.8 Å². The Kier molecular flexibility index (Phi) is 7.09. The van der Waals surface area contributed by atoms with E-state index >= 15 is 0 Å². The van der Waals surface area contributed by atoms with E-state index in [1.165, 1.54) is 0 Å². The van der Waals surface area contributed by atoms with Crippen molar-refractivity contribution in [2.24, 2.45) is 0 Å². The number of halogens is 2. The minimum atomic E-state index is -0.141. The number of benzene rings is 1. The highest BCUT2D eigenvalue weighted by molar-refractivity contribution is 6.10. The van der Waals surface area contributed by atoms with Gasteiger partial charge in [-0.25, -0.2) is 0 Å². The summed E-state index contributed by atoms with van der Waals surface area (Å²) in [6.45, 7) is 4.01.